The zero-order valence-electron chi connectivity index (χ0n) is 49.3. The van der Waals surface area contributed by atoms with E-state index in [0.717, 1.165) is 89.9 Å². The highest BCUT2D eigenvalue weighted by molar-refractivity contribution is 6.38. The molecule has 19 nitrogen and oxygen atoms in total. The number of nitrogens with one attached hydrogen (secondary N) is 6. The summed E-state index contributed by atoms with van der Waals surface area (Å²) in [6.45, 7) is 15.2. The lowest BCUT2D eigenvalue weighted by Gasteiger charge is -2.31. The molecule has 0 aliphatic heterocycles. The van der Waals surface area contributed by atoms with Gasteiger partial charge >= 0.3 is 17.9 Å². The van der Waals surface area contributed by atoms with Gasteiger partial charge in [-0.1, -0.05) is 138 Å². The lowest BCUT2D eigenvalue weighted by molar-refractivity contribution is -0.146. The first-order valence-corrected chi connectivity index (χ1v) is 30.0. The maximum Gasteiger partial charge on any atom is 0.328 e. The third-order valence-electron chi connectivity index (χ3n) is 15.5. The summed E-state index contributed by atoms with van der Waals surface area (Å²) in [5.41, 5.74) is 0. The number of rotatable bonds is 32. The summed E-state index contributed by atoms with van der Waals surface area (Å²) in [5, 5.41) is 24.9. The topological polar surface area (TPSA) is 282 Å². The molecule has 0 aromatic heterocycles. The van der Waals surface area contributed by atoms with Crippen LogP contribution in [0.4, 0.5) is 0 Å². The van der Waals surface area contributed by atoms with Crippen LogP contribution in [-0.4, -0.2) is 115 Å². The predicted molar refractivity (Wildman–Crippen MR) is 300 cm³/mol. The smallest absolute Gasteiger partial charge is 0.328 e. The molecule has 19 heteroatoms. The largest absolute Gasteiger partial charge is 0.481 e. The van der Waals surface area contributed by atoms with Crippen LogP contribution < -0.4 is 31.9 Å². The molecule has 3 saturated carbocycles. The van der Waals surface area contributed by atoms with Crippen molar-refractivity contribution in [3.05, 3.63) is 0 Å². The number of hydrogen-bond donors (Lipinski definition) is 7. The predicted octanol–water partition coefficient (Wildman–Crippen LogP) is 7.93. The minimum Gasteiger partial charge on any atom is -0.481 e. The van der Waals surface area contributed by atoms with E-state index in [0.29, 0.717) is 56.9 Å². The van der Waals surface area contributed by atoms with Gasteiger partial charge in [-0.2, -0.15) is 0 Å². The second-order valence-electron chi connectivity index (χ2n) is 22.0. The summed E-state index contributed by atoms with van der Waals surface area (Å²) in [4.78, 5) is 123. The third-order valence-corrected chi connectivity index (χ3v) is 15.5. The number of carboxylic acid groups (broad SMARTS) is 1. The summed E-state index contributed by atoms with van der Waals surface area (Å²) in [7, 11) is 1.38. The average molecular weight is 1110 g/mol. The van der Waals surface area contributed by atoms with Gasteiger partial charge in [0.15, 0.2) is 0 Å². The SMILES string of the molecule is CCCCC[C@H](NC(=O)[C@@H](C)C1CCCCC1)C(=O)OC.CCCCNC(=O)CCC[C@H](C)C(=O)N[C@H](C(=O)N[C@@H](C)C(=O)NC(CCC)C(=O)C(=O)NCC(=O)OCCC)C1CCCCC1.C[C@H](C(=O)O)C1CCCCC1. The number of amides is 6. The van der Waals surface area contributed by atoms with E-state index in [1.54, 1.807) is 13.8 Å². The quantitative estimate of drug-likeness (QED) is 0.0192. The standard InChI is InChI=1S/C33H57N5O8.C17H31NO3.C9H16O2/c1-6-9-19-34-26(39)18-13-15-22(4)30(42)38-28(24-16-11-10-12-17-24)32(44)36-23(5)31(43)37-25(14-7-2)29(41)33(45)35-21-27(40)46-20-8-3;1-4-5-7-12-15(17(20)21-3)18-16(19)13(2)14-10-8-6-9-11-14;1-7(9(10)11)8-5-3-2-4-6-8/h22-25,28H,6-21H2,1-5H3,(H,34,39)(H,35,45)(H,36,44)(H,37,43)(H,38,42);13-15H,4-12H2,1-3H3,(H,18,19);7-8H,2-6H2,1H3,(H,10,11)/t22-,23-,25?,28-;13-,15-;7-/m000/s1. The average Bonchev–Trinajstić information content (AvgIpc) is 3.44. The maximum absolute atomic E-state index is 13.5. The monoisotopic (exact) mass is 1100 g/mol. The first-order valence-electron chi connectivity index (χ1n) is 30.0. The van der Waals surface area contributed by atoms with E-state index in [-0.39, 0.29) is 54.5 Å². The van der Waals surface area contributed by atoms with Crippen LogP contribution in [0.5, 0.6) is 0 Å². The van der Waals surface area contributed by atoms with Crippen LogP contribution in [0.15, 0.2) is 0 Å². The van der Waals surface area contributed by atoms with Gasteiger partial charge in [-0.3, -0.25) is 43.2 Å². The van der Waals surface area contributed by atoms with Crippen LogP contribution in [0.25, 0.3) is 0 Å². The molecule has 3 fully saturated rings. The first-order chi connectivity index (χ1) is 37.3. The number of carboxylic acids is 1. The highest BCUT2D eigenvalue weighted by Gasteiger charge is 2.35. The Morgan fingerprint density at radius 2 is 1.08 bits per heavy atom. The van der Waals surface area contributed by atoms with Crippen molar-refractivity contribution in [1.29, 1.82) is 0 Å². The molecular formula is C59H104N6O13. The van der Waals surface area contributed by atoms with E-state index in [4.69, 9.17) is 14.6 Å². The van der Waals surface area contributed by atoms with E-state index in [1.807, 2.05) is 20.8 Å². The molecule has 3 aliphatic carbocycles. The molecule has 78 heavy (non-hydrogen) atoms. The summed E-state index contributed by atoms with van der Waals surface area (Å²) < 4.78 is 9.70. The minimum atomic E-state index is -1.15. The Labute approximate surface area is 467 Å². The van der Waals surface area contributed by atoms with Crippen molar-refractivity contribution >= 4 is 59.1 Å². The van der Waals surface area contributed by atoms with Gasteiger partial charge in [0.2, 0.25) is 35.3 Å². The fourth-order valence-electron chi connectivity index (χ4n) is 10.2. The molecule has 1 unspecified atom stereocenters. The van der Waals surface area contributed by atoms with Crippen molar-refractivity contribution < 1.29 is 62.5 Å². The molecule has 0 aromatic carbocycles. The Hall–Kier alpha value is -5.10. The summed E-state index contributed by atoms with van der Waals surface area (Å²) in [6, 6.07) is -3.53. The Bertz CT molecular complexity index is 1810. The van der Waals surface area contributed by atoms with Crippen LogP contribution in [-0.2, 0) is 57.4 Å². The fourth-order valence-corrected chi connectivity index (χ4v) is 10.2. The molecule has 3 aliphatic rings. The van der Waals surface area contributed by atoms with Gasteiger partial charge in [0.1, 0.15) is 24.7 Å². The van der Waals surface area contributed by atoms with Crippen LogP contribution in [0, 0.1) is 35.5 Å². The van der Waals surface area contributed by atoms with Crippen LogP contribution in [0.3, 0.4) is 0 Å². The molecule has 7 atom stereocenters. The molecule has 0 saturated heterocycles. The highest BCUT2D eigenvalue weighted by Crippen LogP contribution is 2.31. The number of ether oxygens (including phenoxy) is 2. The summed E-state index contributed by atoms with van der Waals surface area (Å²) in [6.07, 6.45) is 24.8. The molecule has 6 amide bonds. The van der Waals surface area contributed by atoms with Crippen molar-refractivity contribution in [2.75, 3.05) is 26.8 Å². The second kappa shape index (κ2) is 41.9. The number of unbranched alkanes of at least 4 members (excludes halogenated alkanes) is 3. The van der Waals surface area contributed by atoms with Gasteiger partial charge in [0.25, 0.3) is 5.91 Å². The number of carbonyl (C=O) groups excluding carboxylic acids is 9. The van der Waals surface area contributed by atoms with Gasteiger partial charge in [-0.15, -0.1) is 0 Å². The van der Waals surface area contributed by atoms with Gasteiger partial charge < -0.3 is 46.5 Å². The zero-order chi connectivity index (χ0) is 58.4. The fraction of sp³-hybridized carbons (Fsp3) is 0.831. The van der Waals surface area contributed by atoms with E-state index in [2.05, 4.69) is 45.7 Å². The Morgan fingerprint density at radius 1 is 0.526 bits per heavy atom. The van der Waals surface area contributed by atoms with Gasteiger partial charge in [-0.05, 0) is 102 Å². The van der Waals surface area contributed by atoms with Crippen molar-refractivity contribution in [3.63, 3.8) is 0 Å². The number of carbonyl (C=O) groups is 10. The minimum absolute atomic E-state index is 0.00815. The molecule has 0 radical (unpaired) electrons. The Balaban J connectivity index is 0.000000768. The molecule has 0 aromatic rings. The van der Waals surface area contributed by atoms with Crippen molar-refractivity contribution in [3.8, 4) is 0 Å². The molecule has 448 valence electrons. The zero-order valence-corrected chi connectivity index (χ0v) is 49.3. The second-order valence-corrected chi connectivity index (χ2v) is 22.0. The number of aliphatic carboxylic acids is 1. The van der Waals surface area contributed by atoms with Crippen LogP contribution in [0.2, 0.25) is 0 Å². The number of ketones is 1. The molecule has 0 heterocycles. The van der Waals surface area contributed by atoms with Crippen LogP contribution in [0.1, 0.15) is 229 Å². The van der Waals surface area contributed by atoms with E-state index >= 15 is 0 Å². The lowest BCUT2D eigenvalue weighted by atomic mass is 9.80. The van der Waals surface area contributed by atoms with E-state index < -0.39 is 72.1 Å². The van der Waals surface area contributed by atoms with E-state index in [1.165, 1.54) is 52.6 Å². The third kappa shape index (κ3) is 29.2. The number of esters is 2. The van der Waals surface area contributed by atoms with E-state index in [9.17, 15) is 47.9 Å². The van der Waals surface area contributed by atoms with Crippen molar-refractivity contribution in [2.24, 2.45) is 35.5 Å². The number of methoxy groups -OCH3 is 1. The Morgan fingerprint density at radius 3 is 1.60 bits per heavy atom. The summed E-state index contributed by atoms with van der Waals surface area (Å²) in [5.74, 6) is -4.75. The molecule has 0 spiro atoms. The van der Waals surface area contributed by atoms with Gasteiger partial charge in [0, 0.05) is 24.8 Å². The summed E-state index contributed by atoms with van der Waals surface area (Å²) >= 11 is 0. The maximum atomic E-state index is 13.5. The molecule has 0 bridgehead atoms. The number of hydrogen-bond acceptors (Lipinski definition) is 12. The molecular weight excluding hydrogens is 1000 g/mol. The van der Waals surface area contributed by atoms with Crippen molar-refractivity contribution in [2.45, 2.75) is 253 Å². The van der Waals surface area contributed by atoms with Gasteiger partial charge in [0.05, 0.1) is 25.7 Å². The lowest BCUT2D eigenvalue weighted by Crippen LogP contribution is -2.58. The van der Waals surface area contributed by atoms with Crippen molar-refractivity contribution in [1.82, 2.24) is 31.9 Å². The first kappa shape index (κ1) is 70.9. The normalized spacial score (nSPS) is 17.6. The molecule has 7 N–H and O–H groups in total. The number of Topliss-reactive ketones (excluding diaryl/α,β-unsaturated/α-hetero) is 1. The Kier molecular flexibility index (Phi) is 38.1. The molecule has 3 rings (SSSR count). The van der Waals surface area contributed by atoms with Gasteiger partial charge in [-0.25, -0.2) is 4.79 Å². The highest BCUT2D eigenvalue weighted by atomic mass is 16.5. The van der Waals surface area contributed by atoms with Crippen LogP contribution >= 0.6 is 0 Å².